The summed E-state index contributed by atoms with van der Waals surface area (Å²) in [6.45, 7) is 7.28. The van der Waals surface area contributed by atoms with Crippen molar-refractivity contribution in [3.63, 3.8) is 0 Å². The van der Waals surface area contributed by atoms with Gasteiger partial charge >= 0.3 is 0 Å². The van der Waals surface area contributed by atoms with Crippen molar-refractivity contribution >= 4 is 6.29 Å². The van der Waals surface area contributed by atoms with Crippen LogP contribution in [0.1, 0.15) is 37.8 Å². The smallest absolute Gasteiger partial charge is 0.170 e. The van der Waals surface area contributed by atoms with Crippen molar-refractivity contribution in [2.24, 2.45) is 5.41 Å². The number of ether oxygens (including phenoxy) is 4. The standard InChI is InChI=1S/C19H26O5/c1-13-8-16(22-5)14(9-15(13)21-4)18(12-20)11-19(10-17(18,2)3)23-6-7-24-19/h8-9,12H,6-7,10-11H2,1-5H3/t18-/m1/s1. The van der Waals surface area contributed by atoms with Gasteiger partial charge in [-0.2, -0.15) is 0 Å². The molecule has 2 aliphatic rings. The summed E-state index contributed by atoms with van der Waals surface area (Å²) in [6, 6.07) is 3.86. The number of aryl methyl sites for hydroxylation is 1. The van der Waals surface area contributed by atoms with Gasteiger partial charge < -0.3 is 23.7 Å². The molecular weight excluding hydrogens is 308 g/mol. The quantitative estimate of drug-likeness (QED) is 0.792. The molecule has 0 N–H and O–H groups in total. The number of carbonyl (C=O) groups is 1. The number of hydrogen-bond acceptors (Lipinski definition) is 5. The summed E-state index contributed by atoms with van der Waals surface area (Å²) in [5, 5.41) is 0. The second kappa shape index (κ2) is 5.74. The molecule has 2 fully saturated rings. The molecule has 24 heavy (non-hydrogen) atoms. The largest absolute Gasteiger partial charge is 0.496 e. The third kappa shape index (κ3) is 2.33. The molecule has 0 amide bonds. The van der Waals surface area contributed by atoms with Gasteiger partial charge in [-0.1, -0.05) is 13.8 Å². The molecule has 5 nitrogen and oxygen atoms in total. The molecule has 3 rings (SSSR count). The van der Waals surface area contributed by atoms with Gasteiger partial charge in [0.05, 0.1) is 32.8 Å². The van der Waals surface area contributed by atoms with E-state index in [0.29, 0.717) is 31.8 Å². The van der Waals surface area contributed by atoms with Crippen LogP contribution in [-0.4, -0.2) is 39.5 Å². The van der Waals surface area contributed by atoms with Gasteiger partial charge in [0.1, 0.15) is 17.8 Å². The minimum atomic E-state index is -0.760. The Kier molecular flexibility index (Phi) is 4.12. The molecule has 132 valence electrons. The lowest BCUT2D eigenvalue weighted by molar-refractivity contribution is -0.157. The summed E-state index contributed by atoms with van der Waals surface area (Å²) in [6.07, 6.45) is 2.19. The van der Waals surface area contributed by atoms with Crippen LogP contribution in [0.5, 0.6) is 11.5 Å². The molecule has 1 heterocycles. The minimum absolute atomic E-state index is 0.341. The Morgan fingerprint density at radius 2 is 1.67 bits per heavy atom. The average Bonchev–Trinajstić information content (AvgIpc) is 3.08. The van der Waals surface area contributed by atoms with Crippen LogP contribution in [0, 0.1) is 12.3 Å². The van der Waals surface area contributed by atoms with Gasteiger partial charge in [0.25, 0.3) is 0 Å². The fraction of sp³-hybridized carbons (Fsp3) is 0.632. The Morgan fingerprint density at radius 3 is 2.21 bits per heavy atom. The van der Waals surface area contributed by atoms with Gasteiger partial charge in [0.2, 0.25) is 0 Å². The summed E-state index contributed by atoms with van der Waals surface area (Å²) >= 11 is 0. The van der Waals surface area contributed by atoms with E-state index < -0.39 is 11.2 Å². The zero-order valence-corrected chi connectivity index (χ0v) is 15.1. The summed E-state index contributed by atoms with van der Waals surface area (Å²) in [7, 11) is 3.26. The first-order chi connectivity index (χ1) is 11.3. The molecule has 1 saturated heterocycles. The summed E-state index contributed by atoms with van der Waals surface area (Å²) in [5.74, 6) is 0.758. The maximum atomic E-state index is 12.4. The molecule has 1 saturated carbocycles. The predicted molar refractivity (Wildman–Crippen MR) is 89.7 cm³/mol. The monoisotopic (exact) mass is 334 g/mol. The van der Waals surface area contributed by atoms with Crippen molar-refractivity contribution in [2.45, 2.75) is 44.8 Å². The second-order valence-corrected chi connectivity index (χ2v) is 7.46. The number of hydrogen-bond donors (Lipinski definition) is 0. The first-order valence-electron chi connectivity index (χ1n) is 8.30. The maximum Gasteiger partial charge on any atom is 0.170 e. The van der Waals surface area contributed by atoms with Crippen molar-refractivity contribution in [3.8, 4) is 11.5 Å². The van der Waals surface area contributed by atoms with E-state index in [0.717, 1.165) is 23.2 Å². The predicted octanol–water partition coefficient (Wildman–Crippen LogP) is 3.01. The Labute approximate surface area is 143 Å². The van der Waals surface area contributed by atoms with Crippen LogP contribution in [0.2, 0.25) is 0 Å². The van der Waals surface area contributed by atoms with Crippen molar-refractivity contribution in [1.29, 1.82) is 0 Å². The lowest BCUT2D eigenvalue weighted by Gasteiger charge is -2.37. The highest BCUT2D eigenvalue weighted by Crippen LogP contribution is 2.61. The van der Waals surface area contributed by atoms with Crippen LogP contribution < -0.4 is 9.47 Å². The van der Waals surface area contributed by atoms with E-state index in [4.69, 9.17) is 18.9 Å². The molecule has 0 aromatic heterocycles. The molecule has 1 aromatic carbocycles. The number of benzene rings is 1. The van der Waals surface area contributed by atoms with Crippen molar-refractivity contribution in [2.75, 3.05) is 27.4 Å². The molecular formula is C19H26O5. The number of rotatable bonds is 4. The molecule has 1 spiro atoms. The highest BCUT2D eigenvalue weighted by molar-refractivity contribution is 5.74. The molecule has 1 aromatic rings. The topological polar surface area (TPSA) is 54.0 Å². The van der Waals surface area contributed by atoms with Gasteiger partial charge in [0.15, 0.2) is 5.79 Å². The average molecular weight is 334 g/mol. The van der Waals surface area contributed by atoms with Crippen LogP contribution in [0.15, 0.2) is 12.1 Å². The Bertz CT molecular complexity index is 645. The zero-order chi connectivity index (χ0) is 17.6. The van der Waals surface area contributed by atoms with Crippen LogP contribution in [0.3, 0.4) is 0 Å². The third-order valence-electron chi connectivity index (χ3n) is 5.68. The first kappa shape index (κ1) is 17.2. The second-order valence-electron chi connectivity index (χ2n) is 7.46. The molecule has 0 unspecified atom stereocenters. The SMILES string of the molecule is COc1cc([C@]2(C=O)CC3(CC2(C)C)OCCO3)c(OC)cc1C. The molecule has 0 bridgehead atoms. The Morgan fingerprint density at radius 1 is 1.04 bits per heavy atom. The van der Waals surface area contributed by atoms with E-state index >= 15 is 0 Å². The van der Waals surface area contributed by atoms with Crippen LogP contribution >= 0.6 is 0 Å². The van der Waals surface area contributed by atoms with Gasteiger partial charge in [-0.15, -0.1) is 0 Å². The number of methoxy groups -OCH3 is 2. The molecule has 1 aliphatic heterocycles. The Hall–Kier alpha value is -1.59. The summed E-state index contributed by atoms with van der Waals surface area (Å²) in [4.78, 5) is 12.4. The van der Waals surface area contributed by atoms with E-state index in [9.17, 15) is 4.79 Å². The van der Waals surface area contributed by atoms with E-state index in [1.807, 2.05) is 19.1 Å². The number of carbonyl (C=O) groups excluding carboxylic acids is 1. The number of aldehydes is 1. The highest BCUT2D eigenvalue weighted by Gasteiger charge is 2.63. The van der Waals surface area contributed by atoms with Gasteiger partial charge in [-0.25, -0.2) is 0 Å². The van der Waals surface area contributed by atoms with Gasteiger partial charge in [-0.3, -0.25) is 0 Å². The highest BCUT2D eigenvalue weighted by atomic mass is 16.7. The van der Waals surface area contributed by atoms with E-state index in [-0.39, 0.29) is 5.41 Å². The van der Waals surface area contributed by atoms with Crippen molar-refractivity contribution in [1.82, 2.24) is 0 Å². The van der Waals surface area contributed by atoms with Crippen molar-refractivity contribution in [3.05, 3.63) is 23.3 Å². The Balaban J connectivity index is 2.19. The fourth-order valence-electron chi connectivity index (χ4n) is 4.38. The molecule has 1 atom stereocenters. The van der Waals surface area contributed by atoms with Crippen LogP contribution in [0.25, 0.3) is 0 Å². The van der Waals surface area contributed by atoms with Crippen LogP contribution in [-0.2, 0) is 19.7 Å². The summed E-state index contributed by atoms with van der Waals surface area (Å²) in [5.41, 5.74) is 0.706. The van der Waals surface area contributed by atoms with Gasteiger partial charge in [-0.05, 0) is 30.0 Å². The summed E-state index contributed by atoms with van der Waals surface area (Å²) < 4.78 is 22.9. The fourth-order valence-corrected chi connectivity index (χ4v) is 4.38. The zero-order valence-electron chi connectivity index (χ0n) is 15.1. The molecule has 0 radical (unpaired) electrons. The third-order valence-corrected chi connectivity index (χ3v) is 5.68. The van der Waals surface area contributed by atoms with E-state index in [2.05, 4.69) is 13.8 Å². The normalized spacial score (nSPS) is 27.4. The first-order valence-corrected chi connectivity index (χ1v) is 8.30. The lowest BCUT2D eigenvalue weighted by Crippen LogP contribution is -2.39. The van der Waals surface area contributed by atoms with E-state index in [1.54, 1.807) is 14.2 Å². The van der Waals surface area contributed by atoms with Crippen LogP contribution in [0.4, 0.5) is 0 Å². The molecule has 5 heteroatoms. The molecule has 1 aliphatic carbocycles. The van der Waals surface area contributed by atoms with E-state index in [1.165, 1.54) is 0 Å². The lowest BCUT2D eigenvalue weighted by atomic mass is 9.64. The maximum absolute atomic E-state index is 12.4. The minimum Gasteiger partial charge on any atom is -0.496 e. The van der Waals surface area contributed by atoms with Crippen molar-refractivity contribution < 1.29 is 23.7 Å². The van der Waals surface area contributed by atoms with Gasteiger partial charge in [0, 0.05) is 18.4 Å².